The Morgan fingerprint density at radius 2 is 2.09 bits per heavy atom. The highest BCUT2D eigenvalue weighted by Gasteiger charge is 2.28. The second-order valence-electron chi connectivity index (χ2n) is 5.42. The molecule has 2 aromatic rings. The number of rotatable bonds is 6. The first-order chi connectivity index (χ1) is 11.2. The van der Waals surface area contributed by atoms with Crippen LogP contribution < -0.4 is 15.5 Å². The molecule has 0 aliphatic carbocycles. The van der Waals surface area contributed by atoms with Gasteiger partial charge in [0, 0.05) is 24.3 Å². The summed E-state index contributed by atoms with van der Waals surface area (Å²) in [6, 6.07) is 9.45. The topological polar surface area (TPSA) is 74.6 Å². The molecule has 1 aromatic heterocycles. The molecule has 6 heteroatoms. The second kappa shape index (κ2) is 6.66. The number of hydrogen-bond donors (Lipinski definition) is 2. The molecule has 0 unspecified atom stereocenters. The third kappa shape index (κ3) is 3.12. The summed E-state index contributed by atoms with van der Waals surface area (Å²) in [7, 11) is 1.82. The van der Waals surface area contributed by atoms with Crippen LogP contribution in [0.4, 0.5) is 5.69 Å². The predicted octanol–water partition coefficient (Wildman–Crippen LogP) is 1.32. The molecule has 6 nitrogen and oxygen atoms in total. The van der Waals surface area contributed by atoms with E-state index in [4.69, 9.17) is 4.42 Å². The monoisotopic (exact) mass is 313 g/mol. The molecular formula is C17H19N3O3. The van der Waals surface area contributed by atoms with Gasteiger partial charge < -0.3 is 20.0 Å². The number of para-hydroxylation sites is 1. The lowest BCUT2D eigenvalue weighted by Gasteiger charge is -2.17. The Kier molecular flexibility index (Phi) is 4.43. The zero-order valence-corrected chi connectivity index (χ0v) is 13.0. The van der Waals surface area contributed by atoms with Crippen molar-refractivity contribution >= 4 is 17.5 Å². The molecule has 0 saturated carbocycles. The number of likely N-dealkylation sites (N-methyl/N-ethyl adjacent to an activating group) is 1. The van der Waals surface area contributed by atoms with Crippen LogP contribution in [0.5, 0.6) is 0 Å². The minimum absolute atomic E-state index is 0.0361. The minimum atomic E-state index is -0.264. The first-order valence-electron chi connectivity index (χ1n) is 7.58. The SMILES string of the molecule is CNCCNC(=O)c1occc1CN1C(=O)Cc2ccccc21. The number of nitrogens with zero attached hydrogens (tertiary/aromatic N) is 1. The van der Waals surface area contributed by atoms with Crippen LogP contribution >= 0.6 is 0 Å². The van der Waals surface area contributed by atoms with Crippen molar-refractivity contribution in [2.45, 2.75) is 13.0 Å². The minimum Gasteiger partial charge on any atom is -0.459 e. The molecule has 0 spiro atoms. The zero-order chi connectivity index (χ0) is 16.2. The Labute approximate surface area is 134 Å². The number of anilines is 1. The zero-order valence-electron chi connectivity index (χ0n) is 13.0. The van der Waals surface area contributed by atoms with Crippen LogP contribution in [0, 0.1) is 0 Å². The summed E-state index contributed by atoms with van der Waals surface area (Å²) < 4.78 is 5.32. The van der Waals surface area contributed by atoms with E-state index < -0.39 is 0 Å². The first-order valence-corrected chi connectivity index (χ1v) is 7.58. The van der Waals surface area contributed by atoms with Gasteiger partial charge in [-0.2, -0.15) is 0 Å². The van der Waals surface area contributed by atoms with Crippen molar-refractivity contribution in [3.05, 3.63) is 53.5 Å². The van der Waals surface area contributed by atoms with Crippen molar-refractivity contribution in [3.8, 4) is 0 Å². The van der Waals surface area contributed by atoms with E-state index in [0.29, 0.717) is 31.6 Å². The van der Waals surface area contributed by atoms with E-state index in [9.17, 15) is 9.59 Å². The van der Waals surface area contributed by atoms with Crippen LogP contribution in [0.15, 0.2) is 41.0 Å². The molecule has 0 radical (unpaired) electrons. The third-order valence-electron chi connectivity index (χ3n) is 3.87. The van der Waals surface area contributed by atoms with Gasteiger partial charge >= 0.3 is 0 Å². The van der Waals surface area contributed by atoms with Crippen molar-refractivity contribution in [2.75, 3.05) is 25.0 Å². The maximum absolute atomic E-state index is 12.2. The molecule has 23 heavy (non-hydrogen) atoms. The van der Waals surface area contributed by atoms with Crippen molar-refractivity contribution in [1.82, 2.24) is 10.6 Å². The van der Waals surface area contributed by atoms with Crippen molar-refractivity contribution in [3.63, 3.8) is 0 Å². The Morgan fingerprint density at radius 1 is 1.26 bits per heavy atom. The molecule has 2 amide bonds. The fourth-order valence-corrected chi connectivity index (χ4v) is 2.70. The number of carbonyl (C=O) groups is 2. The van der Waals surface area contributed by atoms with Crippen LogP contribution in [0.3, 0.4) is 0 Å². The van der Waals surface area contributed by atoms with Gasteiger partial charge in [-0.1, -0.05) is 18.2 Å². The summed E-state index contributed by atoms with van der Waals surface area (Å²) in [5.74, 6) is 0.0346. The summed E-state index contributed by atoms with van der Waals surface area (Å²) in [6.45, 7) is 1.53. The largest absolute Gasteiger partial charge is 0.459 e. The highest BCUT2D eigenvalue weighted by Crippen LogP contribution is 2.30. The predicted molar refractivity (Wildman–Crippen MR) is 86.3 cm³/mol. The molecule has 0 fully saturated rings. The average Bonchev–Trinajstić information content (AvgIpc) is 3.13. The molecule has 1 aliphatic rings. The van der Waals surface area contributed by atoms with Gasteiger partial charge in [0.2, 0.25) is 5.91 Å². The highest BCUT2D eigenvalue weighted by molar-refractivity contribution is 6.01. The van der Waals surface area contributed by atoms with Crippen LogP contribution in [-0.4, -0.2) is 32.0 Å². The molecule has 120 valence electrons. The maximum atomic E-state index is 12.2. The number of furan rings is 1. The van der Waals surface area contributed by atoms with E-state index >= 15 is 0 Å². The molecule has 2 heterocycles. The third-order valence-corrected chi connectivity index (χ3v) is 3.87. The fraction of sp³-hybridized carbons (Fsp3) is 0.294. The molecular weight excluding hydrogens is 294 g/mol. The molecule has 1 aliphatic heterocycles. The summed E-state index contributed by atoms with van der Waals surface area (Å²) in [5, 5.41) is 5.74. The summed E-state index contributed by atoms with van der Waals surface area (Å²) >= 11 is 0. The quantitative estimate of drug-likeness (QED) is 0.789. The van der Waals surface area contributed by atoms with Gasteiger partial charge in [-0.25, -0.2) is 0 Å². The van der Waals surface area contributed by atoms with E-state index in [2.05, 4.69) is 10.6 Å². The first kappa shape index (κ1) is 15.3. The standard InChI is InChI=1S/C17H19N3O3/c1-18-7-8-19-17(22)16-13(6-9-23-16)11-20-14-5-3-2-4-12(14)10-15(20)21/h2-6,9,18H,7-8,10-11H2,1H3,(H,19,22). The molecule has 0 saturated heterocycles. The van der Waals surface area contributed by atoms with Crippen LogP contribution in [0.2, 0.25) is 0 Å². The fourth-order valence-electron chi connectivity index (χ4n) is 2.70. The smallest absolute Gasteiger partial charge is 0.287 e. The van der Waals surface area contributed by atoms with Crippen LogP contribution in [-0.2, 0) is 17.8 Å². The van der Waals surface area contributed by atoms with E-state index in [1.807, 2.05) is 31.3 Å². The van der Waals surface area contributed by atoms with E-state index in [-0.39, 0.29) is 17.6 Å². The van der Waals surface area contributed by atoms with Gasteiger partial charge in [0.25, 0.3) is 5.91 Å². The van der Waals surface area contributed by atoms with E-state index in [0.717, 1.165) is 11.3 Å². The Hall–Kier alpha value is -2.60. The Morgan fingerprint density at radius 3 is 2.91 bits per heavy atom. The van der Waals surface area contributed by atoms with Gasteiger partial charge in [-0.3, -0.25) is 9.59 Å². The number of amides is 2. The Bertz CT molecular complexity index is 723. The van der Waals surface area contributed by atoms with Crippen molar-refractivity contribution in [1.29, 1.82) is 0 Å². The highest BCUT2D eigenvalue weighted by atomic mass is 16.3. The van der Waals surface area contributed by atoms with E-state index in [1.165, 1.54) is 6.26 Å². The molecule has 2 N–H and O–H groups in total. The van der Waals surface area contributed by atoms with Gasteiger partial charge in [-0.15, -0.1) is 0 Å². The second-order valence-corrected chi connectivity index (χ2v) is 5.42. The van der Waals surface area contributed by atoms with E-state index in [1.54, 1.807) is 11.0 Å². The lowest BCUT2D eigenvalue weighted by molar-refractivity contribution is -0.117. The maximum Gasteiger partial charge on any atom is 0.287 e. The van der Waals surface area contributed by atoms with Gasteiger partial charge in [0.15, 0.2) is 5.76 Å². The lowest BCUT2D eigenvalue weighted by Crippen LogP contribution is -2.32. The van der Waals surface area contributed by atoms with Crippen molar-refractivity contribution < 1.29 is 14.0 Å². The summed E-state index contributed by atoms with van der Waals surface area (Å²) in [5.41, 5.74) is 2.62. The molecule has 1 aromatic carbocycles. The molecule has 3 rings (SSSR count). The van der Waals surface area contributed by atoms with Gasteiger partial charge in [0.05, 0.1) is 19.2 Å². The van der Waals surface area contributed by atoms with Gasteiger partial charge in [-0.05, 0) is 24.7 Å². The normalized spacial score (nSPS) is 13.3. The number of nitrogens with one attached hydrogen (secondary N) is 2. The summed E-state index contributed by atoms with van der Waals surface area (Å²) in [4.78, 5) is 26.1. The summed E-state index contributed by atoms with van der Waals surface area (Å²) in [6.07, 6.45) is 1.88. The molecule has 0 atom stereocenters. The number of hydrogen-bond acceptors (Lipinski definition) is 4. The van der Waals surface area contributed by atoms with Gasteiger partial charge in [0.1, 0.15) is 0 Å². The van der Waals surface area contributed by atoms with Crippen LogP contribution in [0.25, 0.3) is 0 Å². The Balaban J connectivity index is 1.76. The van der Waals surface area contributed by atoms with Crippen molar-refractivity contribution in [2.24, 2.45) is 0 Å². The number of fused-ring (bicyclic) bond motifs is 1. The number of carbonyl (C=O) groups excluding carboxylic acids is 2. The lowest BCUT2D eigenvalue weighted by atomic mass is 10.1. The number of benzene rings is 1. The molecule has 0 bridgehead atoms. The average molecular weight is 313 g/mol. The van der Waals surface area contributed by atoms with Crippen LogP contribution in [0.1, 0.15) is 21.7 Å².